The fourth-order valence-electron chi connectivity index (χ4n) is 0.994. The molecule has 0 spiro atoms. The zero-order valence-corrected chi connectivity index (χ0v) is 8.60. The van der Waals surface area contributed by atoms with E-state index >= 15 is 0 Å². The minimum Gasteiger partial charge on any atom is -0.264 e. The first-order chi connectivity index (χ1) is 6.42. The van der Waals surface area contributed by atoms with Crippen LogP contribution in [0.1, 0.15) is 0 Å². The summed E-state index contributed by atoms with van der Waals surface area (Å²) < 4.78 is 8.40. The summed E-state index contributed by atoms with van der Waals surface area (Å²) in [4.78, 5) is 4.04. The van der Waals surface area contributed by atoms with Gasteiger partial charge in [0.25, 0.3) is 0 Å². The molecule has 0 amide bonds. The SMILES string of the molecule is CSc1nsnc1-c1cccnc1. The molecule has 13 heavy (non-hydrogen) atoms. The van der Waals surface area contributed by atoms with Crippen LogP contribution in [0.3, 0.4) is 0 Å². The Morgan fingerprint density at radius 2 is 2.31 bits per heavy atom. The van der Waals surface area contributed by atoms with Gasteiger partial charge in [0.15, 0.2) is 0 Å². The van der Waals surface area contributed by atoms with E-state index in [-0.39, 0.29) is 0 Å². The van der Waals surface area contributed by atoms with Gasteiger partial charge in [-0.1, -0.05) is 0 Å². The van der Waals surface area contributed by atoms with Crippen LogP contribution in [0.15, 0.2) is 29.6 Å². The quantitative estimate of drug-likeness (QED) is 0.711. The lowest BCUT2D eigenvalue weighted by molar-refractivity contribution is 1.25. The molecule has 2 aromatic rings. The van der Waals surface area contributed by atoms with E-state index in [2.05, 4.69) is 13.7 Å². The maximum absolute atomic E-state index is 4.23. The van der Waals surface area contributed by atoms with Gasteiger partial charge in [-0.05, 0) is 18.4 Å². The Morgan fingerprint density at radius 3 is 3.00 bits per heavy atom. The third kappa shape index (κ3) is 1.71. The highest BCUT2D eigenvalue weighted by Crippen LogP contribution is 2.26. The van der Waals surface area contributed by atoms with E-state index < -0.39 is 0 Å². The Morgan fingerprint density at radius 1 is 1.38 bits per heavy atom. The summed E-state index contributed by atoms with van der Waals surface area (Å²) in [6, 6.07) is 3.89. The van der Waals surface area contributed by atoms with Crippen LogP contribution in [0.25, 0.3) is 11.3 Å². The predicted octanol–water partition coefficient (Wildman–Crippen LogP) is 2.32. The molecule has 3 nitrogen and oxygen atoms in total. The lowest BCUT2D eigenvalue weighted by Gasteiger charge is -1.95. The molecule has 0 atom stereocenters. The van der Waals surface area contributed by atoms with E-state index in [4.69, 9.17) is 0 Å². The Balaban J connectivity index is 2.47. The average molecular weight is 209 g/mol. The molecule has 2 aromatic heterocycles. The molecule has 0 aliphatic carbocycles. The number of hydrogen-bond acceptors (Lipinski definition) is 5. The molecule has 0 unspecified atom stereocenters. The molecule has 0 aliphatic heterocycles. The Kier molecular flexibility index (Phi) is 2.56. The molecule has 0 radical (unpaired) electrons. The largest absolute Gasteiger partial charge is 0.264 e. The summed E-state index contributed by atoms with van der Waals surface area (Å²) in [5, 5.41) is 0.970. The van der Waals surface area contributed by atoms with Crippen molar-refractivity contribution >= 4 is 23.5 Å². The molecule has 66 valence electrons. The molecule has 0 aliphatic rings. The molecule has 0 bridgehead atoms. The highest BCUT2D eigenvalue weighted by atomic mass is 32.2. The van der Waals surface area contributed by atoms with Gasteiger partial charge in [0, 0.05) is 18.0 Å². The third-order valence-corrected chi connectivity index (χ3v) is 2.90. The van der Waals surface area contributed by atoms with E-state index in [0.29, 0.717) is 0 Å². The Bertz CT molecular complexity index is 385. The van der Waals surface area contributed by atoms with Crippen LogP contribution in [0, 0.1) is 0 Å². The van der Waals surface area contributed by atoms with E-state index in [0.717, 1.165) is 16.3 Å². The van der Waals surface area contributed by atoms with Crippen LogP contribution >= 0.6 is 23.5 Å². The van der Waals surface area contributed by atoms with Crippen molar-refractivity contribution in [2.75, 3.05) is 6.26 Å². The molecule has 0 saturated heterocycles. The zero-order chi connectivity index (χ0) is 9.10. The minimum absolute atomic E-state index is 0.936. The second kappa shape index (κ2) is 3.85. The van der Waals surface area contributed by atoms with Crippen molar-refractivity contribution in [3.05, 3.63) is 24.5 Å². The molecular weight excluding hydrogens is 202 g/mol. The van der Waals surface area contributed by atoms with Gasteiger partial charge >= 0.3 is 0 Å². The number of aromatic nitrogens is 3. The number of pyridine rings is 1. The van der Waals surface area contributed by atoms with Crippen molar-refractivity contribution < 1.29 is 0 Å². The third-order valence-electron chi connectivity index (χ3n) is 1.59. The first-order valence-electron chi connectivity index (χ1n) is 3.69. The number of rotatable bonds is 2. The van der Waals surface area contributed by atoms with Crippen LogP contribution in [0.4, 0.5) is 0 Å². The maximum Gasteiger partial charge on any atom is 0.138 e. The van der Waals surface area contributed by atoms with Gasteiger partial charge in [-0.15, -0.1) is 11.8 Å². The molecule has 5 heteroatoms. The minimum atomic E-state index is 0.936. The highest BCUT2D eigenvalue weighted by Gasteiger charge is 2.08. The summed E-state index contributed by atoms with van der Waals surface area (Å²) in [6.45, 7) is 0. The van der Waals surface area contributed by atoms with Crippen molar-refractivity contribution in [1.82, 2.24) is 13.7 Å². The fourth-order valence-corrected chi connectivity index (χ4v) is 2.28. The van der Waals surface area contributed by atoms with Gasteiger partial charge in [0.2, 0.25) is 0 Å². The normalized spacial score (nSPS) is 10.2. The molecule has 2 heterocycles. The first-order valence-corrected chi connectivity index (χ1v) is 5.64. The fraction of sp³-hybridized carbons (Fsp3) is 0.125. The molecule has 0 aromatic carbocycles. The van der Waals surface area contributed by atoms with Gasteiger partial charge in [-0.2, -0.15) is 8.75 Å². The van der Waals surface area contributed by atoms with E-state index in [1.54, 1.807) is 24.2 Å². The van der Waals surface area contributed by atoms with E-state index in [1.165, 1.54) is 11.7 Å². The molecule has 0 saturated carbocycles. The molecule has 2 rings (SSSR count). The monoisotopic (exact) mass is 209 g/mol. The van der Waals surface area contributed by atoms with Gasteiger partial charge < -0.3 is 0 Å². The van der Waals surface area contributed by atoms with Crippen molar-refractivity contribution in [2.24, 2.45) is 0 Å². The van der Waals surface area contributed by atoms with E-state index in [9.17, 15) is 0 Å². The lowest BCUT2D eigenvalue weighted by atomic mass is 10.2. The first kappa shape index (κ1) is 8.65. The summed E-state index contributed by atoms with van der Waals surface area (Å²) in [5.74, 6) is 0. The van der Waals surface area contributed by atoms with Gasteiger partial charge in [0.1, 0.15) is 10.7 Å². The van der Waals surface area contributed by atoms with Gasteiger partial charge in [-0.25, -0.2) is 0 Å². The topological polar surface area (TPSA) is 38.7 Å². The van der Waals surface area contributed by atoms with Crippen LogP contribution in [-0.2, 0) is 0 Å². The maximum atomic E-state index is 4.23. The molecular formula is C8H7N3S2. The van der Waals surface area contributed by atoms with Crippen molar-refractivity contribution in [3.8, 4) is 11.3 Å². The standard InChI is InChI=1S/C8H7N3S2/c1-12-8-7(10-13-11-8)6-3-2-4-9-5-6/h2-5H,1H3. The Labute approximate surface area is 84.6 Å². The summed E-state index contributed by atoms with van der Waals surface area (Å²) in [7, 11) is 0. The molecule has 0 N–H and O–H groups in total. The second-order valence-corrected chi connectivity index (χ2v) is 3.69. The van der Waals surface area contributed by atoms with Crippen LogP contribution in [0.5, 0.6) is 0 Å². The number of nitrogens with zero attached hydrogens (tertiary/aromatic N) is 3. The number of hydrogen-bond donors (Lipinski definition) is 0. The van der Waals surface area contributed by atoms with Crippen molar-refractivity contribution in [2.45, 2.75) is 5.03 Å². The summed E-state index contributed by atoms with van der Waals surface area (Å²) in [5.41, 5.74) is 1.96. The van der Waals surface area contributed by atoms with Gasteiger partial charge in [0.05, 0.1) is 11.7 Å². The second-order valence-electron chi connectivity index (χ2n) is 2.36. The Hall–Kier alpha value is -0.940. The van der Waals surface area contributed by atoms with Crippen molar-refractivity contribution in [3.63, 3.8) is 0 Å². The van der Waals surface area contributed by atoms with Crippen LogP contribution < -0.4 is 0 Å². The van der Waals surface area contributed by atoms with E-state index in [1.807, 2.05) is 18.4 Å². The highest BCUT2D eigenvalue weighted by molar-refractivity contribution is 7.98. The number of thioether (sulfide) groups is 1. The lowest BCUT2D eigenvalue weighted by Crippen LogP contribution is -1.80. The van der Waals surface area contributed by atoms with Crippen LogP contribution in [-0.4, -0.2) is 20.0 Å². The predicted molar refractivity (Wildman–Crippen MR) is 54.9 cm³/mol. The summed E-state index contributed by atoms with van der Waals surface area (Å²) >= 11 is 2.84. The average Bonchev–Trinajstić information content (AvgIpc) is 2.67. The van der Waals surface area contributed by atoms with Gasteiger partial charge in [-0.3, -0.25) is 4.98 Å². The molecule has 0 fully saturated rings. The van der Waals surface area contributed by atoms with Crippen LogP contribution in [0.2, 0.25) is 0 Å². The summed E-state index contributed by atoms with van der Waals surface area (Å²) in [6.07, 6.45) is 5.55. The zero-order valence-electron chi connectivity index (χ0n) is 6.97. The smallest absolute Gasteiger partial charge is 0.138 e. The van der Waals surface area contributed by atoms with Crippen molar-refractivity contribution in [1.29, 1.82) is 0 Å².